The van der Waals surface area contributed by atoms with E-state index >= 15 is 0 Å². The maximum Gasteiger partial charge on any atom is 0.185 e. The molecule has 2 fully saturated rings. The summed E-state index contributed by atoms with van der Waals surface area (Å²) in [7, 11) is 0. The van der Waals surface area contributed by atoms with Gasteiger partial charge < -0.3 is 10.2 Å². The quantitative estimate of drug-likeness (QED) is 0.914. The number of nitrogens with zero attached hydrogens (tertiary/aromatic N) is 3. The van der Waals surface area contributed by atoms with Crippen molar-refractivity contribution < 1.29 is 0 Å². The topological polar surface area (TPSA) is 31.4 Å². The molecule has 5 heteroatoms. The predicted octanol–water partition coefficient (Wildman–Crippen LogP) is 1.78. The summed E-state index contributed by atoms with van der Waals surface area (Å²) in [5, 5.41) is 4.63. The fraction of sp³-hybridized carbons (Fsp3) is 0.786. The third kappa shape index (κ3) is 3.46. The molecule has 1 N–H and O–H groups in total. The van der Waals surface area contributed by atoms with Gasteiger partial charge in [-0.2, -0.15) is 0 Å². The van der Waals surface area contributed by atoms with Crippen LogP contribution in [-0.2, 0) is 6.54 Å². The van der Waals surface area contributed by atoms with Crippen LogP contribution >= 0.6 is 11.3 Å². The molecule has 0 radical (unpaired) electrons. The Kier molecular flexibility index (Phi) is 4.35. The van der Waals surface area contributed by atoms with Gasteiger partial charge in [0.15, 0.2) is 5.13 Å². The molecular formula is C14H24N4S. The summed E-state index contributed by atoms with van der Waals surface area (Å²) in [6.45, 7) is 10.3. The Morgan fingerprint density at radius 3 is 3.00 bits per heavy atom. The van der Waals surface area contributed by atoms with Crippen LogP contribution in [0, 0.1) is 5.92 Å². The summed E-state index contributed by atoms with van der Waals surface area (Å²) < 4.78 is 0. The first kappa shape index (κ1) is 13.3. The summed E-state index contributed by atoms with van der Waals surface area (Å²) in [5.41, 5.74) is 0. The Morgan fingerprint density at radius 1 is 1.37 bits per heavy atom. The fourth-order valence-electron chi connectivity index (χ4n) is 2.97. The van der Waals surface area contributed by atoms with Gasteiger partial charge in [-0.05, 0) is 18.8 Å². The minimum absolute atomic E-state index is 0.814. The number of hydrogen-bond acceptors (Lipinski definition) is 5. The first-order chi connectivity index (χ1) is 9.31. The summed E-state index contributed by atoms with van der Waals surface area (Å²) in [6, 6.07) is 0. The van der Waals surface area contributed by atoms with Crippen molar-refractivity contribution in [2.45, 2.75) is 26.3 Å². The van der Waals surface area contributed by atoms with Crippen molar-refractivity contribution in [3.8, 4) is 0 Å². The smallest absolute Gasteiger partial charge is 0.185 e. The van der Waals surface area contributed by atoms with Crippen molar-refractivity contribution in [3.05, 3.63) is 11.1 Å². The molecule has 1 aromatic rings. The van der Waals surface area contributed by atoms with Gasteiger partial charge in [0, 0.05) is 56.9 Å². The van der Waals surface area contributed by atoms with Crippen molar-refractivity contribution in [3.63, 3.8) is 0 Å². The number of thiazole rings is 1. The molecule has 1 atom stereocenters. The molecule has 2 aliphatic heterocycles. The second-order valence-corrected chi connectivity index (χ2v) is 6.92. The van der Waals surface area contributed by atoms with E-state index in [4.69, 9.17) is 0 Å². The monoisotopic (exact) mass is 280 g/mol. The number of aromatic nitrogens is 1. The van der Waals surface area contributed by atoms with Crippen LogP contribution in [0.3, 0.4) is 0 Å². The fourth-order valence-corrected chi connectivity index (χ4v) is 3.96. The van der Waals surface area contributed by atoms with E-state index in [0.29, 0.717) is 0 Å². The Bertz CT molecular complexity index is 400. The number of nitrogens with one attached hydrogen (secondary N) is 1. The van der Waals surface area contributed by atoms with Gasteiger partial charge >= 0.3 is 0 Å². The van der Waals surface area contributed by atoms with Gasteiger partial charge in [-0.25, -0.2) is 4.98 Å². The summed E-state index contributed by atoms with van der Waals surface area (Å²) in [6.07, 6.45) is 4.77. The zero-order valence-electron chi connectivity index (χ0n) is 11.8. The lowest BCUT2D eigenvalue weighted by atomic mass is 10.0. The summed E-state index contributed by atoms with van der Waals surface area (Å²) in [5.74, 6) is 0.814. The standard InChI is InChI=1S/C14H24N4S/c1-12-3-2-6-18(10-12)14-16-9-13(19-14)11-17-7-4-15-5-8-17/h9,12,15H,2-8,10-11H2,1H3. The second kappa shape index (κ2) is 6.20. The van der Waals surface area contributed by atoms with Crippen LogP contribution in [0.5, 0.6) is 0 Å². The maximum absolute atomic E-state index is 4.64. The first-order valence-corrected chi connectivity index (χ1v) is 8.25. The van der Waals surface area contributed by atoms with Crippen LogP contribution < -0.4 is 10.2 Å². The minimum Gasteiger partial charge on any atom is -0.348 e. The van der Waals surface area contributed by atoms with Gasteiger partial charge in [0.1, 0.15) is 0 Å². The number of anilines is 1. The highest BCUT2D eigenvalue weighted by atomic mass is 32.1. The predicted molar refractivity (Wildman–Crippen MR) is 80.9 cm³/mol. The van der Waals surface area contributed by atoms with Crippen LogP contribution in [0.4, 0.5) is 5.13 Å². The normalized spacial score (nSPS) is 25.7. The molecule has 0 spiro atoms. The van der Waals surface area contributed by atoms with E-state index in [9.17, 15) is 0 Å². The van der Waals surface area contributed by atoms with E-state index in [0.717, 1.165) is 38.6 Å². The average molecular weight is 280 g/mol. The largest absolute Gasteiger partial charge is 0.348 e. The number of piperidine rings is 1. The minimum atomic E-state index is 0.814. The van der Waals surface area contributed by atoms with Gasteiger partial charge in [0.05, 0.1) is 0 Å². The van der Waals surface area contributed by atoms with Crippen molar-refractivity contribution in [2.24, 2.45) is 5.92 Å². The van der Waals surface area contributed by atoms with Crippen molar-refractivity contribution in [1.29, 1.82) is 0 Å². The molecule has 3 heterocycles. The van der Waals surface area contributed by atoms with E-state index in [-0.39, 0.29) is 0 Å². The molecule has 0 amide bonds. The summed E-state index contributed by atoms with van der Waals surface area (Å²) >= 11 is 1.89. The highest BCUT2D eigenvalue weighted by molar-refractivity contribution is 7.15. The SMILES string of the molecule is CC1CCCN(c2ncc(CN3CCNCC3)s2)C1. The number of rotatable bonds is 3. The molecule has 2 saturated heterocycles. The van der Waals surface area contributed by atoms with Crippen LogP contribution in [0.15, 0.2) is 6.20 Å². The van der Waals surface area contributed by atoms with E-state index in [1.54, 1.807) is 0 Å². The lowest BCUT2D eigenvalue weighted by Crippen LogP contribution is -2.42. The molecule has 1 aromatic heterocycles. The Morgan fingerprint density at radius 2 is 2.21 bits per heavy atom. The van der Waals surface area contributed by atoms with Crippen LogP contribution in [0.1, 0.15) is 24.6 Å². The lowest BCUT2D eigenvalue weighted by molar-refractivity contribution is 0.235. The van der Waals surface area contributed by atoms with Gasteiger partial charge in [0.25, 0.3) is 0 Å². The molecule has 19 heavy (non-hydrogen) atoms. The Balaban J connectivity index is 1.59. The number of hydrogen-bond donors (Lipinski definition) is 1. The molecule has 1 unspecified atom stereocenters. The van der Waals surface area contributed by atoms with E-state index in [2.05, 4.69) is 33.2 Å². The third-order valence-electron chi connectivity index (χ3n) is 4.06. The Labute approximate surface area is 119 Å². The molecule has 2 aliphatic rings. The average Bonchev–Trinajstić information content (AvgIpc) is 2.88. The van der Waals surface area contributed by atoms with Gasteiger partial charge in [-0.15, -0.1) is 11.3 Å². The summed E-state index contributed by atoms with van der Waals surface area (Å²) in [4.78, 5) is 11.0. The first-order valence-electron chi connectivity index (χ1n) is 7.44. The second-order valence-electron chi connectivity index (χ2n) is 5.83. The van der Waals surface area contributed by atoms with Crippen molar-refractivity contribution in [2.75, 3.05) is 44.2 Å². The zero-order valence-corrected chi connectivity index (χ0v) is 12.6. The van der Waals surface area contributed by atoms with Crippen LogP contribution in [0.25, 0.3) is 0 Å². The zero-order chi connectivity index (χ0) is 13.1. The van der Waals surface area contributed by atoms with Gasteiger partial charge in [-0.3, -0.25) is 4.90 Å². The molecule has 106 valence electrons. The van der Waals surface area contributed by atoms with Crippen LogP contribution in [-0.4, -0.2) is 49.2 Å². The van der Waals surface area contributed by atoms with Crippen LogP contribution in [0.2, 0.25) is 0 Å². The highest BCUT2D eigenvalue weighted by Gasteiger charge is 2.19. The lowest BCUT2D eigenvalue weighted by Gasteiger charge is -2.30. The van der Waals surface area contributed by atoms with E-state index in [1.807, 2.05) is 11.3 Å². The van der Waals surface area contributed by atoms with E-state index in [1.165, 1.54) is 35.9 Å². The molecule has 0 bridgehead atoms. The van der Waals surface area contributed by atoms with Crippen molar-refractivity contribution >= 4 is 16.5 Å². The molecule has 0 saturated carbocycles. The van der Waals surface area contributed by atoms with E-state index < -0.39 is 0 Å². The van der Waals surface area contributed by atoms with Crippen molar-refractivity contribution in [1.82, 2.24) is 15.2 Å². The van der Waals surface area contributed by atoms with Gasteiger partial charge in [0.2, 0.25) is 0 Å². The molecule has 3 rings (SSSR count). The number of piperazine rings is 1. The third-order valence-corrected chi connectivity index (χ3v) is 5.10. The molecule has 0 aromatic carbocycles. The molecule has 0 aliphatic carbocycles. The highest BCUT2D eigenvalue weighted by Crippen LogP contribution is 2.27. The Hall–Kier alpha value is -0.650. The molecular weight excluding hydrogens is 256 g/mol. The molecule has 4 nitrogen and oxygen atoms in total. The maximum atomic E-state index is 4.64. The van der Waals surface area contributed by atoms with Gasteiger partial charge in [-0.1, -0.05) is 6.92 Å².